The Balaban J connectivity index is 2.08. The lowest BCUT2D eigenvalue weighted by atomic mass is 9.97. The van der Waals surface area contributed by atoms with Crippen LogP contribution in [0.2, 0.25) is 0 Å². The molecule has 5 atom stereocenters. The second-order valence-electron chi connectivity index (χ2n) is 5.48. The molecular weight excluding hydrogens is 288 g/mol. The number of aliphatic imine (C=N–C) groups is 1. The summed E-state index contributed by atoms with van der Waals surface area (Å²) in [6, 6.07) is 6.54. The summed E-state index contributed by atoms with van der Waals surface area (Å²) >= 11 is 0. The number of hydrogen-bond donors (Lipinski definition) is 4. The minimum Gasteiger partial charge on any atom is -0.394 e. The van der Waals surface area contributed by atoms with Crippen LogP contribution in [0.4, 0.5) is 5.69 Å². The smallest absolute Gasteiger partial charge is 0.180 e. The molecule has 0 spiro atoms. The van der Waals surface area contributed by atoms with Gasteiger partial charge in [-0.1, -0.05) is 12.1 Å². The molecule has 5 unspecified atom stereocenters. The molecule has 0 bridgehead atoms. The summed E-state index contributed by atoms with van der Waals surface area (Å²) in [5, 5.41) is 38.6. The van der Waals surface area contributed by atoms with E-state index in [4.69, 9.17) is 9.84 Å². The van der Waals surface area contributed by atoms with Crippen LogP contribution in [0.15, 0.2) is 29.3 Å². The Morgan fingerprint density at radius 3 is 2.32 bits per heavy atom. The fraction of sp³-hybridized carbons (Fsp3) is 0.533. The molecule has 7 nitrogen and oxygen atoms in total. The van der Waals surface area contributed by atoms with Gasteiger partial charge in [-0.05, 0) is 17.7 Å². The van der Waals surface area contributed by atoms with E-state index < -0.39 is 37.3 Å². The van der Waals surface area contributed by atoms with E-state index >= 15 is 0 Å². The number of aliphatic hydroxyl groups is 4. The molecule has 1 fully saturated rings. The van der Waals surface area contributed by atoms with Gasteiger partial charge in [0.15, 0.2) is 6.29 Å². The summed E-state index contributed by atoms with van der Waals surface area (Å²) in [5.41, 5.74) is 1.84. The Kier molecular flexibility index (Phi) is 5.49. The lowest BCUT2D eigenvalue weighted by Crippen LogP contribution is -2.57. The van der Waals surface area contributed by atoms with Crippen LogP contribution in [0.5, 0.6) is 0 Å². The third kappa shape index (κ3) is 3.63. The zero-order valence-electron chi connectivity index (χ0n) is 12.6. The van der Waals surface area contributed by atoms with Crippen molar-refractivity contribution in [2.75, 3.05) is 25.6 Å². The van der Waals surface area contributed by atoms with Gasteiger partial charge in [0.05, 0.1) is 6.61 Å². The molecule has 0 aliphatic carbocycles. The highest BCUT2D eigenvalue weighted by Gasteiger charge is 2.43. The molecule has 0 amide bonds. The lowest BCUT2D eigenvalue weighted by molar-refractivity contribution is -0.248. The minimum absolute atomic E-state index is 0.488. The second-order valence-corrected chi connectivity index (χ2v) is 5.48. The second kappa shape index (κ2) is 7.17. The lowest BCUT2D eigenvalue weighted by Gasteiger charge is -2.38. The van der Waals surface area contributed by atoms with Crippen LogP contribution < -0.4 is 4.90 Å². The van der Waals surface area contributed by atoms with Crippen molar-refractivity contribution in [1.82, 2.24) is 0 Å². The van der Waals surface area contributed by atoms with Crippen LogP contribution >= 0.6 is 0 Å². The summed E-state index contributed by atoms with van der Waals surface area (Å²) in [6.07, 6.45) is -3.50. The standard InChI is InChI=1S/C15H22N2O5/c1-17(2)10-5-3-9(4-6-10)7-16-12-14(20)13(19)11(8-18)22-15(12)21/h3-7,11-15,18-21H,8H2,1-2H3. The van der Waals surface area contributed by atoms with Crippen LogP contribution in [-0.2, 0) is 4.74 Å². The van der Waals surface area contributed by atoms with E-state index in [2.05, 4.69) is 4.99 Å². The molecule has 0 radical (unpaired) electrons. The number of nitrogens with zero attached hydrogens (tertiary/aromatic N) is 2. The highest BCUT2D eigenvalue weighted by Crippen LogP contribution is 2.22. The average molecular weight is 310 g/mol. The Morgan fingerprint density at radius 1 is 1.14 bits per heavy atom. The highest BCUT2D eigenvalue weighted by molar-refractivity contribution is 5.80. The van der Waals surface area contributed by atoms with Gasteiger partial charge in [-0.3, -0.25) is 4.99 Å². The molecule has 1 aromatic carbocycles. The molecule has 122 valence electrons. The maximum atomic E-state index is 9.98. The van der Waals surface area contributed by atoms with E-state index in [1.165, 1.54) is 6.21 Å². The van der Waals surface area contributed by atoms with Gasteiger partial charge >= 0.3 is 0 Å². The number of hydrogen-bond acceptors (Lipinski definition) is 7. The predicted octanol–water partition coefficient (Wildman–Crippen LogP) is -1.03. The van der Waals surface area contributed by atoms with Crippen molar-refractivity contribution < 1.29 is 25.2 Å². The predicted molar refractivity (Wildman–Crippen MR) is 82.1 cm³/mol. The van der Waals surface area contributed by atoms with Gasteiger partial charge in [0.25, 0.3) is 0 Å². The largest absolute Gasteiger partial charge is 0.394 e. The summed E-state index contributed by atoms with van der Waals surface area (Å²) < 4.78 is 5.04. The van der Waals surface area contributed by atoms with E-state index in [-0.39, 0.29) is 0 Å². The van der Waals surface area contributed by atoms with Crippen LogP contribution in [0.1, 0.15) is 5.56 Å². The number of rotatable bonds is 4. The van der Waals surface area contributed by atoms with Crippen LogP contribution in [0, 0.1) is 0 Å². The monoisotopic (exact) mass is 310 g/mol. The SMILES string of the molecule is CN(C)c1ccc(C=NC2C(O)OC(CO)C(O)C2O)cc1. The van der Waals surface area contributed by atoms with Crippen molar-refractivity contribution in [3.63, 3.8) is 0 Å². The van der Waals surface area contributed by atoms with Gasteiger partial charge in [0.1, 0.15) is 24.4 Å². The van der Waals surface area contributed by atoms with Crippen LogP contribution in [0.3, 0.4) is 0 Å². The van der Waals surface area contributed by atoms with Gasteiger partial charge in [0.2, 0.25) is 0 Å². The third-order valence-electron chi connectivity index (χ3n) is 3.67. The molecule has 1 aliphatic rings. The molecule has 0 aromatic heterocycles. The van der Waals surface area contributed by atoms with Crippen molar-refractivity contribution in [1.29, 1.82) is 0 Å². The van der Waals surface area contributed by atoms with E-state index in [0.29, 0.717) is 0 Å². The average Bonchev–Trinajstić information content (AvgIpc) is 2.51. The van der Waals surface area contributed by atoms with Crippen molar-refractivity contribution >= 4 is 11.9 Å². The van der Waals surface area contributed by atoms with Gasteiger partial charge in [-0.2, -0.15) is 0 Å². The fourth-order valence-electron chi connectivity index (χ4n) is 2.27. The first-order chi connectivity index (χ1) is 10.4. The molecular formula is C15H22N2O5. The van der Waals surface area contributed by atoms with Crippen molar-refractivity contribution in [3.8, 4) is 0 Å². The zero-order chi connectivity index (χ0) is 16.3. The Hall–Kier alpha value is -1.51. The number of ether oxygens (including phenoxy) is 1. The molecule has 1 heterocycles. The van der Waals surface area contributed by atoms with Crippen molar-refractivity contribution in [2.45, 2.75) is 30.6 Å². The molecule has 1 saturated heterocycles. The zero-order valence-corrected chi connectivity index (χ0v) is 12.6. The number of anilines is 1. The normalized spacial score (nSPS) is 32.4. The van der Waals surface area contributed by atoms with Gasteiger partial charge in [-0.15, -0.1) is 0 Å². The van der Waals surface area contributed by atoms with Crippen LogP contribution in [0.25, 0.3) is 0 Å². The van der Waals surface area contributed by atoms with Gasteiger partial charge in [-0.25, -0.2) is 0 Å². The van der Waals surface area contributed by atoms with Crippen molar-refractivity contribution in [3.05, 3.63) is 29.8 Å². The molecule has 1 aliphatic heterocycles. The molecule has 0 saturated carbocycles. The fourth-order valence-corrected chi connectivity index (χ4v) is 2.27. The maximum absolute atomic E-state index is 9.98. The first kappa shape index (κ1) is 16.9. The van der Waals surface area contributed by atoms with Gasteiger partial charge in [0, 0.05) is 26.0 Å². The quantitative estimate of drug-likeness (QED) is 0.530. The summed E-state index contributed by atoms with van der Waals surface area (Å²) in [4.78, 5) is 6.07. The van der Waals surface area contributed by atoms with E-state index in [0.717, 1.165) is 11.3 Å². The minimum atomic E-state index is -1.38. The summed E-state index contributed by atoms with van der Waals surface area (Å²) in [7, 11) is 3.88. The molecule has 2 rings (SSSR count). The molecule has 4 N–H and O–H groups in total. The van der Waals surface area contributed by atoms with Crippen molar-refractivity contribution in [2.24, 2.45) is 4.99 Å². The topological polar surface area (TPSA) is 106 Å². The number of benzene rings is 1. The summed E-state index contributed by atoms with van der Waals surface area (Å²) in [6.45, 7) is -0.488. The molecule has 1 aromatic rings. The Bertz CT molecular complexity index is 505. The number of aliphatic hydroxyl groups excluding tert-OH is 4. The van der Waals surface area contributed by atoms with E-state index in [1.807, 2.05) is 43.3 Å². The summed E-state index contributed by atoms with van der Waals surface area (Å²) in [5.74, 6) is 0. The van der Waals surface area contributed by atoms with Crippen LogP contribution in [-0.4, -0.2) is 78.0 Å². The Labute approximate surface area is 129 Å². The van der Waals surface area contributed by atoms with Gasteiger partial charge < -0.3 is 30.1 Å². The first-order valence-corrected chi connectivity index (χ1v) is 7.05. The van der Waals surface area contributed by atoms with E-state index in [1.54, 1.807) is 0 Å². The third-order valence-corrected chi connectivity index (χ3v) is 3.67. The molecule has 22 heavy (non-hydrogen) atoms. The Morgan fingerprint density at radius 2 is 1.77 bits per heavy atom. The first-order valence-electron chi connectivity index (χ1n) is 7.05. The maximum Gasteiger partial charge on any atom is 0.180 e. The van der Waals surface area contributed by atoms with E-state index in [9.17, 15) is 15.3 Å². The highest BCUT2D eigenvalue weighted by atomic mass is 16.6. The molecule has 7 heteroatoms.